The Morgan fingerprint density at radius 1 is 0.868 bits per heavy atom. The van der Waals surface area contributed by atoms with Crippen molar-refractivity contribution >= 4 is 55.8 Å². The van der Waals surface area contributed by atoms with Crippen LogP contribution in [0.2, 0.25) is 0 Å². The zero-order valence-electron chi connectivity index (χ0n) is 21.0. The van der Waals surface area contributed by atoms with Crippen LogP contribution in [0.15, 0.2) is 85.1 Å². The molecule has 0 aliphatic carbocycles. The maximum Gasteiger partial charge on any atom is 0.308 e. The van der Waals surface area contributed by atoms with E-state index in [0.29, 0.717) is 38.6 Å². The summed E-state index contributed by atoms with van der Waals surface area (Å²) in [4.78, 5) is 19.7. The minimum Gasteiger partial charge on any atom is -0.310 e. The van der Waals surface area contributed by atoms with E-state index in [1.54, 1.807) is 73.8 Å². The number of rotatable bonds is 6. The molecule has 38 heavy (non-hydrogen) atoms. The van der Waals surface area contributed by atoms with Gasteiger partial charge in [-0.05, 0) is 24.3 Å². The van der Waals surface area contributed by atoms with Crippen LogP contribution in [0.5, 0.6) is 0 Å². The Morgan fingerprint density at radius 2 is 1.53 bits per heavy atom. The van der Waals surface area contributed by atoms with Gasteiger partial charge < -0.3 is 4.90 Å². The third-order valence-corrected chi connectivity index (χ3v) is 8.16. The fourth-order valence-electron chi connectivity index (χ4n) is 4.40. The molecule has 0 aliphatic heterocycles. The quantitative estimate of drug-likeness (QED) is 0.295. The normalized spacial score (nSPS) is 12.1. The number of carbonyl (C=O) groups is 1. The Hall–Kier alpha value is -4.34. The number of aromatic nitrogens is 2. The lowest BCUT2D eigenvalue weighted by atomic mass is 10.0. The first-order valence-electron chi connectivity index (χ1n) is 11.8. The zero-order valence-corrected chi connectivity index (χ0v) is 21.9. The number of amides is 1. The molecule has 5 rings (SSSR count). The van der Waals surface area contributed by atoms with Crippen molar-refractivity contribution in [2.24, 2.45) is 0 Å². The van der Waals surface area contributed by atoms with Crippen LogP contribution in [0.25, 0.3) is 34.0 Å². The van der Waals surface area contributed by atoms with Crippen LogP contribution < -0.4 is 4.90 Å². The lowest BCUT2D eigenvalue weighted by Crippen LogP contribution is -2.29. The van der Waals surface area contributed by atoms with Gasteiger partial charge in [-0.1, -0.05) is 66.7 Å². The van der Waals surface area contributed by atoms with Crippen molar-refractivity contribution in [3.63, 3.8) is 0 Å². The van der Waals surface area contributed by atoms with E-state index in [0.717, 1.165) is 4.31 Å². The second-order valence-corrected chi connectivity index (χ2v) is 10.9. The van der Waals surface area contributed by atoms with Crippen molar-refractivity contribution in [2.45, 2.75) is 0 Å². The molecule has 0 radical (unpaired) electrons. The van der Waals surface area contributed by atoms with Crippen LogP contribution in [0.3, 0.4) is 0 Å². The fraction of sp³-hybridized carbons (Fsp3) is 0.103. The van der Waals surface area contributed by atoms with Gasteiger partial charge in [0.1, 0.15) is 11.5 Å². The topological polar surface area (TPSA) is 75.5 Å². The van der Waals surface area contributed by atoms with Crippen molar-refractivity contribution in [1.82, 2.24) is 13.3 Å². The monoisotopic (exact) mass is 528 g/mol. The molecular formula is C29H25FN4O3S. The van der Waals surface area contributed by atoms with E-state index < -0.39 is 21.9 Å². The zero-order chi connectivity index (χ0) is 27.0. The predicted molar refractivity (Wildman–Crippen MR) is 150 cm³/mol. The van der Waals surface area contributed by atoms with Gasteiger partial charge in [0.05, 0.1) is 17.2 Å². The highest BCUT2D eigenvalue weighted by atomic mass is 32.2. The number of pyridine rings is 1. The Bertz CT molecular complexity index is 1810. The van der Waals surface area contributed by atoms with Crippen LogP contribution in [0.1, 0.15) is 21.6 Å². The van der Waals surface area contributed by atoms with Gasteiger partial charge >= 0.3 is 10.2 Å². The number of benzene rings is 3. The van der Waals surface area contributed by atoms with Crippen molar-refractivity contribution in [2.75, 3.05) is 26.0 Å². The summed E-state index contributed by atoms with van der Waals surface area (Å²) in [5.74, 6) is -0.811. The fourth-order valence-corrected chi connectivity index (χ4v) is 5.52. The van der Waals surface area contributed by atoms with E-state index in [4.69, 9.17) is 0 Å². The number of para-hydroxylation sites is 2. The Labute approximate surface area is 220 Å². The van der Waals surface area contributed by atoms with E-state index >= 15 is 0 Å². The summed E-state index contributed by atoms with van der Waals surface area (Å²) in [6.45, 7) is 0. The maximum absolute atomic E-state index is 14.5. The van der Waals surface area contributed by atoms with Gasteiger partial charge in [-0.2, -0.15) is 12.7 Å². The minimum absolute atomic E-state index is 0.113. The SMILES string of the molecule is CN(C(=O)c1ncc2c(c1/C=C/c1ccccc1F)c1ccccc1n2S(=O)(=O)N(C)C)c1ccccc1. The first-order chi connectivity index (χ1) is 18.2. The van der Waals surface area contributed by atoms with E-state index in [1.165, 1.54) is 35.2 Å². The summed E-state index contributed by atoms with van der Waals surface area (Å²) in [7, 11) is 0.614. The lowest BCUT2D eigenvalue weighted by Gasteiger charge is -2.19. The number of hydrogen-bond donors (Lipinski definition) is 0. The Morgan fingerprint density at radius 3 is 2.24 bits per heavy atom. The molecule has 5 aromatic rings. The van der Waals surface area contributed by atoms with Crippen LogP contribution in [0, 0.1) is 5.82 Å². The molecule has 1 amide bonds. The number of nitrogens with zero attached hydrogens (tertiary/aromatic N) is 4. The highest BCUT2D eigenvalue weighted by molar-refractivity contribution is 7.87. The highest BCUT2D eigenvalue weighted by Crippen LogP contribution is 2.35. The highest BCUT2D eigenvalue weighted by Gasteiger charge is 2.27. The summed E-state index contributed by atoms with van der Waals surface area (Å²) in [5, 5.41) is 1.15. The number of anilines is 1. The summed E-state index contributed by atoms with van der Waals surface area (Å²) in [6, 6.07) is 22.5. The van der Waals surface area contributed by atoms with Crippen LogP contribution in [-0.4, -0.2) is 48.7 Å². The third-order valence-electron chi connectivity index (χ3n) is 6.39. The molecule has 0 unspecified atom stereocenters. The van der Waals surface area contributed by atoms with Crippen molar-refractivity contribution in [3.8, 4) is 0 Å². The molecule has 0 atom stereocenters. The Kier molecular flexibility index (Phi) is 6.56. The number of carbonyl (C=O) groups excluding carboxylic acids is 1. The van der Waals surface area contributed by atoms with E-state index in [-0.39, 0.29) is 5.69 Å². The first kappa shape index (κ1) is 25.3. The number of fused-ring (bicyclic) bond motifs is 3. The molecule has 9 heteroatoms. The maximum atomic E-state index is 14.5. The average Bonchev–Trinajstić information content (AvgIpc) is 3.27. The van der Waals surface area contributed by atoms with Gasteiger partial charge in [-0.15, -0.1) is 0 Å². The van der Waals surface area contributed by atoms with Crippen molar-refractivity contribution in [3.05, 3.63) is 108 Å². The predicted octanol–water partition coefficient (Wildman–Crippen LogP) is 5.43. The molecule has 7 nitrogen and oxygen atoms in total. The minimum atomic E-state index is -3.94. The molecule has 2 heterocycles. The van der Waals surface area contributed by atoms with Gasteiger partial charge in [-0.25, -0.2) is 13.3 Å². The van der Waals surface area contributed by atoms with Gasteiger partial charge in [0.15, 0.2) is 0 Å². The summed E-state index contributed by atoms with van der Waals surface area (Å²) < 4.78 is 43.6. The summed E-state index contributed by atoms with van der Waals surface area (Å²) in [5.41, 5.74) is 2.25. The first-order valence-corrected chi connectivity index (χ1v) is 13.2. The van der Waals surface area contributed by atoms with Gasteiger partial charge in [0.2, 0.25) is 0 Å². The lowest BCUT2D eigenvalue weighted by molar-refractivity contribution is 0.0988. The Balaban J connectivity index is 1.84. The molecule has 0 saturated heterocycles. The molecule has 0 bridgehead atoms. The van der Waals surface area contributed by atoms with Gasteiger partial charge in [-0.3, -0.25) is 4.79 Å². The molecule has 192 valence electrons. The average molecular weight is 529 g/mol. The molecule has 3 aromatic carbocycles. The second kappa shape index (κ2) is 9.85. The van der Waals surface area contributed by atoms with E-state index in [1.807, 2.05) is 18.2 Å². The summed E-state index contributed by atoms with van der Waals surface area (Å²) in [6.07, 6.45) is 4.60. The van der Waals surface area contributed by atoms with Crippen LogP contribution in [-0.2, 0) is 10.2 Å². The standard InChI is InChI=1S/C29H25FN4O3S/c1-32(2)38(36,37)34-25-16-10-8-14-22(25)27-23(18-17-20-11-7-9-15-24(20)30)28(31-19-26(27)34)29(35)33(3)21-12-5-4-6-13-21/h4-19H,1-3H3/b18-17+. The number of hydrogen-bond acceptors (Lipinski definition) is 4. The van der Waals surface area contributed by atoms with Crippen molar-refractivity contribution < 1.29 is 17.6 Å². The largest absolute Gasteiger partial charge is 0.310 e. The molecule has 0 spiro atoms. The summed E-state index contributed by atoms with van der Waals surface area (Å²) >= 11 is 0. The van der Waals surface area contributed by atoms with Crippen molar-refractivity contribution in [1.29, 1.82) is 0 Å². The van der Waals surface area contributed by atoms with Gasteiger partial charge in [0.25, 0.3) is 5.91 Å². The smallest absolute Gasteiger partial charge is 0.308 e. The molecule has 0 aliphatic rings. The van der Waals surface area contributed by atoms with Gasteiger partial charge in [0, 0.05) is 48.7 Å². The second-order valence-electron chi connectivity index (χ2n) is 8.91. The van der Waals surface area contributed by atoms with Crippen LogP contribution in [0.4, 0.5) is 10.1 Å². The molecule has 0 N–H and O–H groups in total. The molecular weight excluding hydrogens is 503 g/mol. The molecule has 0 fully saturated rings. The molecule has 2 aromatic heterocycles. The molecule has 0 saturated carbocycles. The number of halogens is 1. The van der Waals surface area contributed by atoms with E-state index in [2.05, 4.69) is 4.98 Å². The third kappa shape index (κ3) is 4.25. The van der Waals surface area contributed by atoms with E-state index in [9.17, 15) is 17.6 Å². The van der Waals surface area contributed by atoms with Crippen LogP contribution >= 0.6 is 0 Å².